The molecule has 648 valence electrons. The molecule has 16 aromatic heterocycles. The largest absolute Gasteiger partial charge is 0.483 e. The number of thiazole rings is 4. The van der Waals surface area contributed by atoms with E-state index >= 15 is 0 Å². The first-order valence-corrected chi connectivity index (χ1v) is 42.8. The molecule has 16 aromatic rings. The predicted octanol–water partition coefficient (Wildman–Crippen LogP) is 12.7. The lowest BCUT2D eigenvalue weighted by atomic mass is 9.89. The molecule has 0 bridgehead atoms. The summed E-state index contributed by atoms with van der Waals surface area (Å²) in [6, 6.07) is 11.9. The van der Waals surface area contributed by atoms with E-state index in [1.165, 1.54) is 70.5 Å². The molecule has 9 N–H and O–H groups in total. The van der Waals surface area contributed by atoms with Gasteiger partial charge in [0, 0.05) is 115 Å². The van der Waals surface area contributed by atoms with Crippen LogP contribution >= 0.6 is 45.3 Å². The van der Waals surface area contributed by atoms with Gasteiger partial charge in [-0.05, 0) is 96.4 Å². The Morgan fingerprint density at radius 2 is 0.841 bits per heavy atom. The fourth-order valence-corrected chi connectivity index (χ4v) is 16.8. The Morgan fingerprint density at radius 3 is 1.16 bits per heavy atom. The number of pyridine rings is 2. The summed E-state index contributed by atoms with van der Waals surface area (Å²) >= 11 is 5.08. The minimum Gasteiger partial charge on any atom is -0.483 e. The number of aromatic nitrogens is 26. The number of ether oxygens (including phenoxy) is 4. The van der Waals surface area contributed by atoms with Crippen LogP contribution in [-0.2, 0) is 23.7 Å². The second-order valence-electron chi connectivity index (χ2n) is 28.1. The van der Waals surface area contributed by atoms with Crippen LogP contribution < -0.4 is 21.3 Å². The van der Waals surface area contributed by atoms with E-state index in [-0.39, 0.29) is 95.1 Å². The summed E-state index contributed by atoms with van der Waals surface area (Å²) in [6.45, 7) is 9.14. The van der Waals surface area contributed by atoms with Crippen molar-refractivity contribution in [1.82, 2.24) is 130 Å². The Labute approximate surface area is 726 Å². The number of carboxylic acid groups (broad SMARTS) is 1. The zero-order chi connectivity index (χ0) is 87.0. The SMILES string of the molecule is CCOC1CC(n2cc(NC(=O)c3csc(-c4cn[nH]c4)n3)c(-c3nnco3)n2)C1.CCOC1CC(n2cc(NC(=O)c3csc(-c4cn[nH]c4F)n3)c(-c3ccccn3)n2)C1.CCOC1CC(n2cc(NC(=O)c3csc(-c4cn[nH]c4F)n3)c(-c3ccccn3)n2)C1.O=C(Nc1cn(C2CCOCC2)nc1-c1nnco1)c1csc(-c2cn[nH]c2)n1.O=CO. The molecule has 1 saturated heterocycles. The smallest absolute Gasteiger partial charge is 0.290 e. The second-order valence-corrected chi connectivity index (χ2v) is 31.5. The maximum atomic E-state index is 13.7. The highest BCUT2D eigenvalue weighted by Crippen LogP contribution is 2.42. The fourth-order valence-electron chi connectivity index (χ4n) is 13.6. The lowest BCUT2D eigenvalue weighted by Gasteiger charge is -2.34. The molecular weight excluding hydrogens is 1720 g/mol. The highest BCUT2D eigenvalue weighted by Gasteiger charge is 2.37. The Bertz CT molecular complexity index is 6040. The number of nitrogens with one attached hydrogen (secondary N) is 8. The van der Waals surface area contributed by atoms with Gasteiger partial charge in [-0.2, -0.15) is 49.6 Å². The van der Waals surface area contributed by atoms with Crippen molar-refractivity contribution in [1.29, 1.82) is 0 Å². The molecule has 4 aliphatic rings. The van der Waals surface area contributed by atoms with E-state index in [0.717, 1.165) is 62.5 Å². The number of aromatic amines is 4. The molecule has 3 saturated carbocycles. The van der Waals surface area contributed by atoms with Gasteiger partial charge in [-0.3, -0.25) is 73.1 Å². The zero-order valence-electron chi connectivity index (χ0n) is 66.8. The van der Waals surface area contributed by atoms with E-state index in [1.807, 2.05) is 88.3 Å². The average molecular weight is 1790 g/mol. The molecule has 0 atom stereocenters. The summed E-state index contributed by atoms with van der Waals surface area (Å²) in [5, 5.41) is 86.1. The van der Waals surface area contributed by atoms with Crippen molar-refractivity contribution in [2.24, 2.45) is 0 Å². The molecule has 1 aliphatic heterocycles. The van der Waals surface area contributed by atoms with Crippen LogP contribution in [0.1, 0.15) is 138 Å². The number of anilines is 4. The number of carbonyl (C=O) groups is 5. The van der Waals surface area contributed by atoms with Crippen molar-refractivity contribution in [2.75, 3.05) is 54.3 Å². The Kier molecular flexibility index (Phi) is 27.1. The molecule has 0 unspecified atom stereocenters. The average Bonchev–Trinajstić information content (AvgIpc) is 1.65. The lowest BCUT2D eigenvalue weighted by molar-refractivity contribution is -0.122. The second kappa shape index (κ2) is 40.0. The number of nitrogens with zero attached hydrogens (tertiary/aromatic N) is 22. The summed E-state index contributed by atoms with van der Waals surface area (Å²) in [4.78, 5) is 85.8. The van der Waals surface area contributed by atoms with Crippen LogP contribution in [0, 0.1) is 11.9 Å². The fraction of sp³-hybridized carbons (Fsp3) is 0.295. The number of hydrogen-bond donors (Lipinski definition) is 9. The van der Waals surface area contributed by atoms with Crippen molar-refractivity contribution in [3.8, 4) is 88.2 Å². The summed E-state index contributed by atoms with van der Waals surface area (Å²) in [6.07, 6.45) is 30.1. The molecule has 0 spiro atoms. The third kappa shape index (κ3) is 20.0. The Morgan fingerprint density at radius 1 is 0.492 bits per heavy atom. The van der Waals surface area contributed by atoms with Crippen LogP contribution in [-0.4, -0.2) is 217 Å². The van der Waals surface area contributed by atoms with Crippen molar-refractivity contribution in [3.05, 3.63) is 180 Å². The van der Waals surface area contributed by atoms with Crippen molar-refractivity contribution in [2.45, 2.75) is 115 Å². The minimum atomic E-state index is -0.587. The standard InChI is InChI=1S/2C21H20FN7O2S.C18H18N8O3S.C17H16N8O3S.CH2O2/c2*1-2-31-13-7-12(8-13)29-10-16(18(28-29)15-5-3-4-6-23-15)25-20(30)17-11-32-21(26-17)14-9-24-27-19(14)22;1-2-28-12-3-11(4-12)26-7-13(15(25-26)17-24-21-9-29-17)22-16(27)14-8-30-18(23-14)10-5-19-20-6-10;26-15(13-8-29-17(22-13)10-5-18-19-6-10)21-12-7-25(11-1-3-27-4-2-11)24-14(12)16-23-20-9-28-16;2-1-3/h2*3-6,9-13H,2,7-8H2,1H3,(H,24,27)(H,25,30);5-9,11-12H,2-4H2,1H3,(H,19,20)(H,22,27);5-9,11H,1-4H2,(H,18,19)(H,21,26);1H,(H,2,3). The molecule has 17 heterocycles. The first kappa shape index (κ1) is 85.4. The van der Waals surface area contributed by atoms with E-state index in [4.69, 9.17) is 47.9 Å². The van der Waals surface area contributed by atoms with Gasteiger partial charge in [0.05, 0.1) is 113 Å². The molecule has 0 radical (unpaired) electrons. The first-order valence-electron chi connectivity index (χ1n) is 39.3. The summed E-state index contributed by atoms with van der Waals surface area (Å²) in [7, 11) is 0. The molecule has 3 aliphatic carbocycles. The van der Waals surface area contributed by atoms with E-state index in [0.29, 0.717) is 121 Å². The van der Waals surface area contributed by atoms with Gasteiger partial charge in [-0.1, -0.05) is 12.1 Å². The molecule has 20 rings (SSSR count). The number of H-pyrrole nitrogens is 4. The van der Waals surface area contributed by atoms with Crippen molar-refractivity contribution >= 4 is 98.2 Å². The van der Waals surface area contributed by atoms with Crippen LogP contribution in [0.4, 0.5) is 31.5 Å². The van der Waals surface area contributed by atoms with E-state index in [2.05, 4.69) is 123 Å². The van der Waals surface area contributed by atoms with Gasteiger partial charge in [0.15, 0.2) is 11.4 Å². The molecule has 48 heteroatoms. The summed E-state index contributed by atoms with van der Waals surface area (Å²) in [5.74, 6) is -2.20. The van der Waals surface area contributed by atoms with Crippen LogP contribution in [0.25, 0.3) is 88.2 Å². The molecule has 4 fully saturated rings. The quantitative estimate of drug-likeness (QED) is 0.0227. The van der Waals surface area contributed by atoms with E-state index in [9.17, 15) is 28.0 Å². The number of amides is 4. The van der Waals surface area contributed by atoms with Gasteiger partial charge in [-0.25, -0.2) is 19.9 Å². The number of halogens is 2. The third-order valence-corrected chi connectivity index (χ3v) is 23.6. The molecule has 0 aromatic carbocycles. The number of carbonyl (C=O) groups excluding carboxylic acids is 4. The lowest BCUT2D eigenvalue weighted by Crippen LogP contribution is -2.33. The first-order chi connectivity index (χ1) is 61.6. The maximum absolute atomic E-state index is 13.7. The predicted molar refractivity (Wildman–Crippen MR) is 451 cm³/mol. The zero-order valence-corrected chi connectivity index (χ0v) is 70.1. The van der Waals surface area contributed by atoms with Gasteiger partial charge < -0.3 is 54.2 Å². The molecule has 42 nitrogen and oxygen atoms in total. The molecule has 4 amide bonds. The van der Waals surface area contributed by atoms with Gasteiger partial charge in [0.1, 0.15) is 54.2 Å². The van der Waals surface area contributed by atoms with Crippen molar-refractivity contribution < 1.29 is 65.6 Å². The highest BCUT2D eigenvalue weighted by molar-refractivity contribution is 7.14. The van der Waals surface area contributed by atoms with Crippen molar-refractivity contribution in [3.63, 3.8) is 0 Å². The van der Waals surface area contributed by atoms with Gasteiger partial charge in [0.2, 0.25) is 24.7 Å². The van der Waals surface area contributed by atoms with Crippen LogP contribution in [0.15, 0.2) is 154 Å². The molecular formula is C78H76F2N30O12S4. The van der Waals surface area contributed by atoms with Gasteiger partial charge in [-0.15, -0.1) is 65.7 Å². The summed E-state index contributed by atoms with van der Waals surface area (Å²) in [5.41, 5.74) is 8.46. The molecule has 126 heavy (non-hydrogen) atoms. The topological polar surface area (TPSA) is 532 Å². The minimum absolute atomic E-state index is 0.183. The monoisotopic (exact) mass is 1790 g/mol. The Balaban J connectivity index is 0.000000122. The van der Waals surface area contributed by atoms with Crippen LogP contribution in [0.3, 0.4) is 0 Å². The number of hydrogen-bond acceptors (Lipinski definition) is 33. The van der Waals surface area contributed by atoms with Gasteiger partial charge in [0.25, 0.3) is 41.9 Å². The summed E-state index contributed by atoms with van der Waals surface area (Å²) < 4.78 is 67.8. The van der Waals surface area contributed by atoms with E-state index < -0.39 is 23.7 Å². The third-order valence-electron chi connectivity index (χ3n) is 20.0. The van der Waals surface area contributed by atoms with Crippen LogP contribution in [0.2, 0.25) is 0 Å². The van der Waals surface area contributed by atoms with E-state index in [1.54, 1.807) is 71.1 Å². The normalized spacial score (nSPS) is 16.9. The maximum Gasteiger partial charge on any atom is 0.290 e. The van der Waals surface area contributed by atoms with Crippen LogP contribution in [0.5, 0.6) is 0 Å². The highest BCUT2D eigenvalue weighted by atomic mass is 32.1. The Hall–Kier alpha value is -14.2. The van der Waals surface area contributed by atoms with Gasteiger partial charge >= 0.3 is 0 Å². The number of rotatable bonds is 26.